The summed E-state index contributed by atoms with van der Waals surface area (Å²) in [7, 11) is 3.07. The van der Waals surface area contributed by atoms with Crippen molar-refractivity contribution in [1.29, 1.82) is 10.5 Å². The molecule has 1 N–H and O–H groups in total. The van der Waals surface area contributed by atoms with Gasteiger partial charge in [-0.25, -0.2) is 9.59 Å². The normalized spacial score (nSPS) is 18.7. The molecule has 352 valence electrons. The first-order valence-corrected chi connectivity index (χ1v) is 22.5. The Morgan fingerprint density at radius 2 is 1.03 bits per heavy atom. The zero-order valence-electron chi connectivity index (χ0n) is 37.4. The summed E-state index contributed by atoms with van der Waals surface area (Å²) in [5.74, 6) is -0.295. The molecule has 68 heavy (non-hydrogen) atoms. The average molecular weight is 1000 g/mol. The quantitative estimate of drug-likeness (QED) is 0.144. The zero-order valence-corrected chi connectivity index (χ0v) is 39.0. The van der Waals surface area contributed by atoms with E-state index in [9.17, 15) is 56.0 Å². The summed E-state index contributed by atoms with van der Waals surface area (Å²) in [4.78, 5) is 58.3. The lowest BCUT2D eigenvalue weighted by molar-refractivity contribution is -0.138. The van der Waals surface area contributed by atoms with Crippen molar-refractivity contribution in [2.45, 2.75) is 88.3 Å². The van der Waals surface area contributed by atoms with E-state index in [0.29, 0.717) is 56.7 Å². The van der Waals surface area contributed by atoms with Crippen molar-refractivity contribution in [3.63, 3.8) is 0 Å². The first kappa shape index (κ1) is 49.2. The number of nitriles is 2. The molecule has 2 atom stereocenters. The molecule has 1 unspecified atom stereocenters. The van der Waals surface area contributed by atoms with Gasteiger partial charge in [-0.1, -0.05) is 40.2 Å². The van der Waals surface area contributed by atoms with Gasteiger partial charge in [-0.3, -0.25) is 19.4 Å². The summed E-state index contributed by atoms with van der Waals surface area (Å²) < 4.78 is 79.9. The molecule has 4 amide bonds. The standard InChI is InChI=1S/C27H27F3N4O2.C23H17BrF3N3O2/c1-26(2,3)32-15-17-12-16(14-31)8-9-20(17)24-23-21(10-11-22(23)35)34(25(36)33(24)4)19-7-5-6-18(13-19)27(28,29)30;1-29-21(17-6-5-13(12-28)9-14(17)11-24)20-18(7-8-19(20)31)30(22(29)32)16-4-2-3-15(10-16)23(25,26)27/h5-9,12-13,24,32H,10-11,15H2,1-4H3;2-6,9-10,21H,7-8,11H2,1H3/t24-;/m1./s1. The van der Waals surface area contributed by atoms with E-state index in [4.69, 9.17) is 0 Å². The number of hydrogen-bond acceptors (Lipinski definition) is 7. The number of alkyl halides is 7. The number of anilines is 2. The first-order chi connectivity index (χ1) is 32.0. The maximum atomic E-state index is 13.6. The number of nitrogens with zero attached hydrogens (tertiary/aromatic N) is 6. The molecular formula is C50H44BrF6N7O4. The summed E-state index contributed by atoms with van der Waals surface area (Å²) >= 11 is 3.41. The molecule has 0 fully saturated rings. The number of urea groups is 2. The SMILES string of the molecule is CN1C(=O)N(c2cccc(C(F)(F)F)c2)C2=C(C(=O)CC2)C1c1ccc(C#N)cc1CBr.CN1C(=O)N(c2cccc(C(F)(F)F)c2)C2=C(C(=O)CC2)[C@H]1c1ccc(C#N)cc1CNC(C)(C)C. The molecule has 0 saturated carbocycles. The highest BCUT2D eigenvalue weighted by atomic mass is 79.9. The van der Waals surface area contributed by atoms with Crippen molar-refractivity contribution < 1.29 is 45.5 Å². The van der Waals surface area contributed by atoms with E-state index in [2.05, 4.69) is 33.4 Å². The van der Waals surface area contributed by atoms with Gasteiger partial charge in [0.05, 0.1) is 57.9 Å². The molecule has 4 aromatic rings. The Hall–Kier alpha value is -6.76. The molecule has 2 aliphatic heterocycles. The highest BCUT2D eigenvalue weighted by Gasteiger charge is 2.47. The third-order valence-corrected chi connectivity index (χ3v) is 12.8. The van der Waals surface area contributed by atoms with Gasteiger partial charge in [-0.05, 0) is 117 Å². The number of hydrogen-bond donors (Lipinski definition) is 1. The number of carbonyl (C=O) groups is 4. The number of halogens is 7. The molecule has 0 spiro atoms. The summed E-state index contributed by atoms with van der Waals surface area (Å²) in [6.45, 7) is 6.42. The number of allylic oxidation sites excluding steroid dienone is 2. The van der Waals surface area contributed by atoms with Gasteiger partial charge < -0.3 is 15.1 Å². The van der Waals surface area contributed by atoms with Crippen molar-refractivity contribution in [3.05, 3.63) is 152 Å². The molecule has 4 aliphatic rings. The van der Waals surface area contributed by atoms with Crippen LogP contribution in [0.15, 0.2) is 107 Å². The third kappa shape index (κ3) is 9.53. The lowest BCUT2D eigenvalue weighted by atomic mass is 9.89. The molecule has 4 aromatic carbocycles. The van der Waals surface area contributed by atoms with Crippen LogP contribution in [0.3, 0.4) is 0 Å². The van der Waals surface area contributed by atoms with Crippen LogP contribution >= 0.6 is 15.9 Å². The van der Waals surface area contributed by atoms with Crippen LogP contribution in [0.2, 0.25) is 0 Å². The molecule has 2 heterocycles. The Labute approximate surface area is 397 Å². The van der Waals surface area contributed by atoms with Gasteiger partial charge in [0.1, 0.15) is 0 Å². The first-order valence-electron chi connectivity index (χ1n) is 21.4. The summed E-state index contributed by atoms with van der Waals surface area (Å²) in [6, 6.07) is 21.1. The Bertz CT molecular complexity index is 2890. The largest absolute Gasteiger partial charge is 0.416 e. The fraction of sp³-hybridized carbons (Fsp3) is 0.320. The van der Waals surface area contributed by atoms with Crippen LogP contribution in [0.1, 0.15) is 103 Å². The molecular weight excluding hydrogens is 956 g/mol. The van der Waals surface area contributed by atoms with Crippen molar-refractivity contribution in [2.24, 2.45) is 0 Å². The second-order valence-corrected chi connectivity index (χ2v) is 18.3. The summed E-state index contributed by atoms with van der Waals surface area (Å²) in [6.07, 6.45) is -8.25. The van der Waals surface area contributed by atoms with Crippen LogP contribution < -0.4 is 15.1 Å². The maximum Gasteiger partial charge on any atom is 0.416 e. The molecule has 2 aliphatic carbocycles. The Morgan fingerprint density at radius 1 is 0.618 bits per heavy atom. The zero-order chi connectivity index (χ0) is 49.6. The van der Waals surface area contributed by atoms with Crippen LogP contribution in [0, 0.1) is 22.7 Å². The molecule has 0 radical (unpaired) electrons. The maximum absolute atomic E-state index is 13.6. The summed E-state index contributed by atoms with van der Waals surface area (Å²) in [5.41, 5.74) is 3.65. The molecule has 18 heteroatoms. The summed E-state index contributed by atoms with van der Waals surface area (Å²) in [5, 5.41) is 22.4. The predicted octanol–water partition coefficient (Wildman–Crippen LogP) is 11.4. The second-order valence-electron chi connectivity index (χ2n) is 17.7. The molecule has 8 rings (SSSR count). The minimum absolute atomic E-state index is 0.0665. The van der Waals surface area contributed by atoms with Crippen LogP contribution in [0.4, 0.5) is 47.3 Å². The monoisotopic (exact) mass is 999 g/mol. The lowest BCUT2D eigenvalue weighted by Crippen LogP contribution is -2.48. The van der Waals surface area contributed by atoms with Gasteiger partial charge >= 0.3 is 24.4 Å². The Morgan fingerprint density at radius 3 is 1.41 bits per heavy atom. The van der Waals surface area contributed by atoms with Crippen LogP contribution in [0.25, 0.3) is 0 Å². The van der Waals surface area contributed by atoms with Gasteiger partial charge in [0.2, 0.25) is 0 Å². The van der Waals surface area contributed by atoms with Gasteiger partial charge in [-0.15, -0.1) is 0 Å². The van der Waals surface area contributed by atoms with Crippen molar-refractivity contribution >= 4 is 50.9 Å². The predicted molar refractivity (Wildman–Crippen MR) is 244 cm³/mol. The van der Waals surface area contributed by atoms with Gasteiger partial charge in [-0.2, -0.15) is 36.9 Å². The molecule has 0 saturated heterocycles. The van der Waals surface area contributed by atoms with Crippen molar-refractivity contribution in [3.8, 4) is 12.1 Å². The second kappa shape index (κ2) is 18.7. The number of Topliss-reactive ketones (excluding diaryl/α,β-unsaturated/α-hetero) is 2. The number of carbonyl (C=O) groups excluding carboxylic acids is 4. The number of rotatable bonds is 7. The lowest BCUT2D eigenvalue weighted by Gasteiger charge is -2.41. The van der Waals surface area contributed by atoms with Crippen LogP contribution in [-0.2, 0) is 33.8 Å². The van der Waals surface area contributed by atoms with E-state index < -0.39 is 47.6 Å². The topological polar surface area (TPSA) is 141 Å². The van der Waals surface area contributed by atoms with E-state index in [-0.39, 0.29) is 54.2 Å². The van der Waals surface area contributed by atoms with E-state index in [0.717, 1.165) is 35.4 Å². The van der Waals surface area contributed by atoms with Gasteiger partial charge in [0.15, 0.2) is 11.6 Å². The Balaban J connectivity index is 0.000000203. The fourth-order valence-corrected chi connectivity index (χ4v) is 9.47. The van der Waals surface area contributed by atoms with Gasteiger partial charge in [0.25, 0.3) is 0 Å². The third-order valence-electron chi connectivity index (χ3n) is 12.2. The number of benzene rings is 4. The smallest absolute Gasteiger partial charge is 0.316 e. The molecule has 0 aromatic heterocycles. The number of likely N-dealkylation sites (N-methyl/N-ethyl adjacent to an activating group) is 2. The van der Waals surface area contributed by atoms with E-state index in [1.54, 1.807) is 43.4 Å². The number of nitrogens with one attached hydrogen (secondary N) is 1. The molecule has 11 nitrogen and oxygen atoms in total. The van der Waals surface area contributed by atoms with Gasteiger partial charge in [0, 0.05) is 66.9 Å². The van der Waals surface area contributed by atoms with E-state index in [1.165, 1.54) is 50.9 Å². The Kier molecular flexibility index (Phi) is 13.5. The average Bonchev–Trinajstić information content (AvgIpc) is 3.87. The van der Waals surface area contributed by atoms with E-state index in [1.807, 2.05) is 20.8 Å². The highest BCUT2D eigenvalue weighted by Crippen LogP contribution is 2.48. The molecule has 0 bridgehead atoms. The van der Waals surface area contributed by atoms with Crippen molar-refractivity contribution in [1.82, 2.24) is 15.1 Å². The highest BCUT2D eigenvalue weighted by molar-refractivity contribution is 9.08. The fourth-order valence-electron chi connectivity index (χ4n) is 8.98. The van der Waals surface area contributed by atoms with Crippen molar-refractivity contribution in [2.75, 3.05) is 23.9 Å². The van der Waals surface area contributed by atoms with E-state index >= 15 is 0 Å². The van der Waals surface area contributed by atoms with Crippen LogP contribution in [-0.4, -0.2) is 53.1 Å². The minimum Gasteiger partial charge on any atom is -0.316 e. The minimum atomic E-state index is -4.57. The number of amides is 4. The number of ketones is 2. The van der Waals surface area contributed by atoms with Crippen LogP contribution in [0.5, 0.6) is 0 Å².